The second-order valence-electron chi connectivity index (χ2n) is 3.07. The monoisotopic (exact) mass is 238 g/mol. The van der Waals surface area contributed by atoms with E-state index in [2.05, 4.69) is 15.1 Å². The Morgan fingerprint density at radius 2 is 2.31 bits per heavy atom. The normalized spacial score (nSPS) is 10.4. The molecule has 0 unspecified atom stereocenters. The van der Waals surface area contributed by atoms with Gasteiger partial charge < -0.3 is 5.11 Å². The number of aromatic nitrogens is 4. The molecule has 0 saturated heterocycles. The lowest BCUT2D eigenvalue weighted by Crippen LogP contribution is -2.09. The molecule has 7 heteroatoms. The fraction of sp³-hybridized carbons (Fsp3) is 0.111. The van der Waals surface area contributed by atoms with Crippen molar-refractivity contribution in [1.82, 2.24) is 19.7 Å². The van der Waals surface area contributed by atoms with Crippen LogP contribution in [0, 0.1) is 6.92 Å². The Balaban J connectivity index is 2.59. The van der Waals surface area contributed by atoms with Crippen molar-refractivity contribution in [3.63, 3.8) is 0 Å². The smallest absolute Gasteiger partial charge is 0.354 e. The highest BCUT2D eigenvalue weighted by atomic mass is 35.5. The van der Waals surface area contributed by atoms with Gasteiger partial charge in [-0.1, -0.05) is 0 Å². The molecule has 2 heterocycles. The van der Waals surface area contributed by atoms with E-state index in [0.29, 0.717) is 11.5 Å². The molecule has 0 aliphatic rings. The van der Waals surface area contributed by atoms with Gasteiger partial charge in [0.05, 0.1) is 5.69 Å². The molecule has 2 aromatic rings. The molecule has 0 bridgehead atoms. The summed E-state index contributed by atoms with van der Waals surface area (Å²) in [5.74, 6) is -0.749. The first-order valence-corrected chi connectivity index (χ1v) is 4.74. The van der Waals surface area contributed by atoms with Crippen molar-refractivity contribution < 1.29 is 9.90 Å². The number of carbonyl (C=O) groups is 1. The van der Waals surface area contributed by atoms with Crippen molar-refractivity contribution in [2.45, 2.75) is 6.92 Å². The van der Waals surface area contributed by atoms with E-state index in [0.717, 1.165) is 0 Å². The number of rotatable bonds is 2. The lowest BCUT2D eigenvalue weighted by molar-refractivity contribution is 0.0687. The molecular formula is C9H7ClN4O2. The number of aryl methyl sites for hydroxylation is 1. The van der Waals surface area contributed by atoms with E-state index in [4.69, 9.17) is 16.7 Å². The van der Waals surface area contributed by atoms with Gasteiger partial charge in [-0.25, -0.2) is 14.5 Å². The van der Waals surface area contributed by atoms with E-state index in [1.165, 1.54) is 23.0 Å². The molecule has 2 rings (SSSR count). The molecule has 0 spiro atoms. The Hall–Kier alpha value is -1.95. The van der Waals surface area contributed by atoms with E-state index in [1.54, 1.807) is 6.92 Å². The molecule has 82 valence electrons. The first-order valence-electron chi connectivity index (χ1n) is 4.37. The second kappa shape index (κ2) is 3.90. The average molecular weight is 239 g/mol. The van der Waals surface area contributed by atoms with E-state index < -0.39 is 5.97 Å². The topological polar surface area (TPSA) is 80.9 Å². The molecule has 0 amide bonds. The molecule has 1 N–H and O–H groups in total. The minimum Gasteiger partial charge on any atom is -0.477 e. The molecule has 16 heavy (non-hydrogen) atoms. The van der Waals surface area contributed by atoms with Crippen LogP contribution in [0.4, 0.5) is 0 Å². The lowest BCUT2D eigenvalue weighted by atomic mass is 10.4. The predicted molar refractivity (Wildman–Crippen MR) is 55.9 cm³/mol. The van der Waals surface area contributed by atoms with Gasteiger partial charge in [0, 0.05) is 12.3 Å². The largest absolute Gasteiger partial charge is 0.477 e. The number of aromatic carboxylic acids is 1. The van der Waals surface area contributed by atoms with Crippen LogP contribution in [0.2, 0.25) is 5.28 Å². The van der Waals surface area contributed by atoms with Crippen LogP contribution in [-0.4, -0.2) is 30.8 Å². The Morgan fingerprint density at radius 1 is 1.56 bits per heavy atom. The van der Waals surface area contributed by atoms with Gasteiger partial charge in [0.15, 0.2) is 11.5 Å². The summed E-state index contributed by atoms with van der Waals surface area (Å²) in [4.78, 5) is 18.6. The number of halogens is 1. The highest BCUT2D eigenvalue weighted by molar-refractivity contribution is 6.28. The summed E-state index contributed by atoms with van der Waals surface area (Å²) in [5.41, 5.74) is 0.624. The van der Waals surface area contributed by atoms with Gasteiger partial charge in [-0.2, -0.15) is 10.1 Å². The van der Waals surface area contributed by atoms with E-state index >= 15 is 0 Å². The van der Waals surface area contributed by atoms with Crippen molar-refractivity contribution in [3.05, 3.63) is 35.0 Å². The van der Waals surface area contributed by atoms with E-state index in [-0.39, 0.29) is 11.0 Å². The highest BCUT2D eigenvalue weighted by Crippen LogP contribution is 2.11. The van der Waals surface area contributed by atoms with Crippen LogP contribution in [0.3, 0.4) is 0 Å². The van der Waals surface area contributed by atoms with E-state index in [1.807, 2.05) is 0 Å². The van der Waals surface area contributed by atoms with Crippen molar-refractivity contribution in [2.75, 3.05) is 0 Å². The number of carboxylic acid groups (broad SMARTS) is 1. The van der Waals surface area contributed by atoms with Crippen LogP contribution < -0.4 is 0 Å². The summed E-state index contributed by atoms with van der Waals surface area (Å²) in [6.45, 7) is 1.70. The van der Waals surface area contributed by atoms with Crippen LogP contribution in [0.5, 0.6) is 0 Å². The summed E-state index contributed by atoms with van der Waals surface area (Å²) < 4.78 is 1.21. The minimum absolute atomic E-state index is 0.0345. The molecule has 2 aromatic heterocycles. The maximum Gasteiger partial charge on any atom is 0.354 e. The van der Waals surface area contributed by atoms with Gasteiger partial charge >= 0.3 is 5.97 Å². The summed E-state index contributed by atoms with van der Waals surface area (Å²) in [6.07, 6.45) is 1.44. The van der Waals surface area contributed by atoms with Gasteiger partial charge in [-0.3, -0.25) is 0 Å². The Labute approximate surface area is 95.5 Å². The fourth-order valence-electron chi connectivity index (χ4n) is 1.27. The third-order valence-electron chi connectivity index (χ3n) is 1.88. The molecule has 0 aromatic carbocycles. The Morgan fingerprint density at radius 3 is 2.94 bits per heavy atom. The number of carboxylic acids is 1. The van der Waals surface area contributed by atoms with E-state index in [9.17, 15) is 4.79 Å². The number of hydrogen-bond donors (Lipinski definition) is 1. The summed E-state index contributed by atoms with van der Waals surface area (Å²) >= 11 is 5.62. The fourth-order valence-corrected chi connectivity index (χ4v) is 1.41. The molecule has 0 aliphatic heterocycles. The van der Waals surface area contributed by atoms with Gasteiger partial charge in [-0.15, -0.1) is 0 Å². The van der Waals surface area contributed by atoms with Crippen molar-refractivity contribution >= 4 is 17.6 Å². The molecule has 0 fully saturated rings. The number of nitrogens with zero attached hydrogens (tertiary/aromatic N) is 4. The molecule has 0 atom stereocenters. The zero-order valence-corrected chi connectivity index (χ0v) is 9.01. The maximum atomic E-state index is 11.0. The number of hydrogen-bond acceptors (Lipinski definition) is 4. The van der Waals surface area contributed by atoms with Gasteiger partial charge in [0.2, 0.25) is 5.28 Å². The van der Waals surface area contributed by atoms with Crippen LogP contribution in [0.15, 0.2) is 18.3 Å². The third kappa shape index (κ3) is 1.87. The van der Waals surface area contributed by atoms with Crippen LogP contribution in [0.25, 0.3) is 5.82 Å². The first-order chi connectivity index (χ1) is 7.58. The third-order valence-corrected chi connectivity index (χ3v) is 2.06. The molecular weight excluding hydrogens is 232 g/mol. The second-order valence-corrected chi connectivity index (χ2v) is 3.41. The van der Waals surface area contributed by atoms with Crippen molar-refractivity contribution in [3.8, 4) is 5.82 Å². The molecule has 0 aliphatic carbocycles. The lowest BCUT2D eigenvalue weighted by Gasteiger charge is -2.02. The summed E-state index contributed by atoms with van der Waals surface area (Å²) in [5, 5.41) is 13.0. The zero-order valence-electron chi connectivity index (χ0n) is 8.25. The van der Waals surface area contributed by atoms with Crippen LogP contribution in [0.1, 0.15) is 16.2 Å². The van der Waals surface area contributed by atoms with Crippen LogP contribution in [-0.2, 0) is 0 Å². The highest BCUT2D eigenvalue weighted by Gasteiger charge is 2.14. The Kier molecular flexibility index (Phi) is 2.57. The summed E-state index contributed by atoms with van der Waals surface area (Å²) in [7, 11) is 0. The molecule has 0 saturated carbocycles. The standard InChI is InChI=1S/C9H7ClN4O2/c1-5-4-6(8(15)16)14(13-5)7-2-3-11-9(10)12-7/h2-4H,1H3,(H,15,16). The zero-order chi connectivity index (χ0) is 11.7. The first kappa shape index (κ1) is 10.6. The van der Waals surface area contributed by atoms with Gasteiger partial charge in [0.1, 0.15) is 0 Å². The Bertz CT molecular complexity index is 552. The van der Waals surface area contributed by atoms with Crippen LogP contribution >= 0.6 is 11.6 Å². The maximum absolute atomic E-state index is 11.0. The average Bonchev–Trinajstić information content (AvgIpc) is 2.60. The van der Waals surface area contributed by atoms with Crippen molar-refractivity contribution in [2.24, 2.45) is 0 Å². The van der Waals surface area contributed by atoms with Crippen molar-refractivity contribution in [1.29, 1.82) is 0 Å². The molecule has 6 nitrogen and oxygen atoms in total. The summed E-state index contributed by atoms with van der Waals surface area (Å²) in [6, 6.07) is 2.99. The quantitative estimate of drug-likeness (QED) is 0.798. The molecule has 0 radical (unpaired) electrons. The minimum atomic E-state index is -1.07. The predicted octanol–water partition coefficient (Wildman–Crippen LogP) is 1.32. The van der Waals surface area contributed by atoms with Gasteiger partial charge in [-0.05, 0) is 24.6 Å². The SMILES string of the molecule is Cc1cc(C(=O)O)n(-c2ccnc(Cl)n2)n1. The van der Waals surface area contributed by atoms with Gasteiger partial charge in [0.25, 0.3) is 0 Å².